The maximum Gasteiger partial charge on any atom is 0.177 e. The largest absolute Gasteiger partial charge is 0.377 e. The molecule has 0 amide bonds. The Kier molecular flexibility index (Phi) is 6.06. The minimum Gasteiger partial charge on any atom is -0.377 e. The van der Waals surface area contributed by atoms with Crippen molar-refractivity contribution >= 4 is 11.9 Å². The maximum absolute atomic E-state index is 8.56. The van der Waals surface area contributed by atoms with Gasteiger partial charge in [0.25, 0.3) is 0 Å². The van der Waals surface area contributed by atoms with Gasteiger partial charge in [-0.3, -0.25) is 0 Å². The monoisotopic (exact) mass is 367 g/mol. The minimum atomic E-state index is 0.359. The first-order valence-corrected chi connectivity index (χ1v) is 8.67. The number of aromatic nitrogens is 6. The highest BCUT2D eigenvalue weighted by Gasteiger charge is 2.16. The Balaban J connectivity index is 1.95. The molecule has 1 N–H and O–H groups in total. The molecule has 0 atom stereocenters. The zero-order valence-electron chi connectivity index (χ0n) is 15.3. The van der Waals surface area contributed by atoms with Crippen LogP contribution < -0.4 is 5.53 Å². The van der Waals surface area contributed by atoms with Crippen molar-refractivity contribution in [1.82, 2.24) is 29.5 Å². The minimum absolute atomic E-state index is 0.359. The van der Waals surface area contributed by atoms with Gasteiger partial charge in [0, 0.05) is 19.1 Å². The van der Waals surface area contributed by atoms with E-state index in [1.54, 1.807) is 24.1 Å². The lowest BCUT2D eigenvalue weighted by atomic mass is 10.0. The van der Waals surface area contributed by atoms with Crippen LogP contribution in [0, 0.1) is 11.3 Å². The summed E-state index contributed by atoms with van der Waals surface area (Å²) in [6.07, 6.45) is 7.97. The van der Waals surface area contributed by atoms with Gasteiger partial charge in [-0.25, -0.2) is 14.5 Å². The number of fused-ring (bicyclic) bond motifs is 1. The van der Waals surface area contributed by atoms with Gasteiger partial charge in [-0.05, 0) is 18.9 Å². The fraction of sp³-hybridized carbons (Fsp3) is 0.412. The van der Waals surface area contributed by atoms with Gasteiger partial charge in [0.05, 0.1) is 17.6 Å². The van der Waals surface area contributed by atoms with Crippen molar-refractivity contribution in [2.24, 2.45) is 5.10 Å². The van der Waals surface area contributed by atoms with Crippen LogP contribution in [0.2, 0.25) is 0 Å². The number of nitrogens with zero attached hydrogens (tertiary/aromatic N) is 8. The summed E-state index contributed by atoms with van der Waals surface area (Å²) in [6.45, 7) is 2.51. The van der Waals surface area contributed by atoms with Gasteiger partial charge in [0.1, 0.15) is 25.2 Å². The number of hydrogen-bond donors (Lipinski definition) is 1. The van der Waals surface area contributed by atoms with Crippen LogP contribution in [0.1, 0.15) is 42.5 Å². The van der Waals surface area contributed by atoms with E-state index in [2.05, 4.69) is 37.7 Å². The van der Waals surface area contributed by atoms with E-state index < -0.39 is 0 Å². The Labute approximate surface area is 156 Å². The molecule has 0 fully saturated rings. The van der Waals surface area contributed by atoms with Gasteiger partial charge < -0.3 is 4.74 Å². The highest BCUT2D eigenvalue weighted by molar-refractivity contribution is 5.74. The predicted molar refractivity (Wildman–Crippen MR) is 98.6 cm³/mol. The normalized spacial score (nSPS) is 11.3. The molecule has 0 spiro atoms. The number of methoxy groups -OCH3 is 1. The van der Waals surface area contributed by atoms with E-state index in [4.69, 9.17) is 10.00 Å². The first-order chi connectivity index (χ1) is 13.3. The predicted octanol–water partition coefficient (Wildman–Crippen LogP) is 1.45. The molecule has 0 saturated carbocycles. The van der Waals surface area contributed by atoms with Crippen molar-refractivity contribution in [3.05, 3.63) is 41.4 Å². The average molecular weight is 367 g/mol. The zero-order chi connectivity index (χ0) is 19.1. The first kappa shape index (κ1) is 18.5. The number of hydrogen-bond acceptors (Lipinski definition) is 8. The molecule has 0 radical (unpaired) electrons. The van der Waals surface area contributed by atoms with Crippen LogP contribution in [0.25, 0.3) is 5.65 Å². The van der Waals surface area contributed by atoms with Crippen LogP contribution in [0.3, 0.4) is 0 Å². The molecule has 0 aliphatic heterocycles. The Morgan fingerprint density at radius 3 is 3.11 bits per heavy atom. The third kappa shape index (κ3) is 4.27. The number of aryl methyl sites for hydroxylation is 1. The fourth-order valence-electron chi connectivity index (χ4n) is 2.78. The van der Waals surface area contributed by atoms with E-state index in [0.29, 0.717) is 18.9 Å². The van der Waals surface area contributed by atoms with Crippen LogP contribution >= 0.6 is 0 Å². The smallest absolute Gasteiger partial charge is 0.177 e. The number of hydrazone groups is 1. The summed E-state index contributed by atoms with van der Waals surface area (Å²) < 4.78 is 6.85. The quantitative estimate of drug-likeness (QED) is 0.449. The molecule has 0 aliphatic carbocycles. The molecular formula is C17H21N9O. The fourth-order valence-corrected chi connectivity index (χ4v) is 2.78. The summed E-state index contributed by atoms with van der Waals surface area (Å²) in [6, 6.07) is 3.71. The molecule has 10 nitrogen and oxygen atoms in total. The summed E-state index contributed by atoms with van der Waals surface area (Å²) >= 11 is 0. The van der Waals surface area contributed by atoms with Crippen LogP contribution in [0.5, 0.6) is 0 Å². The van der Waals surface area contributed by atoms with E-state index >= 15 is 0 Å². The van der Waals surface area contributed by atoms with Crippen LogP contribution in [-0.4, -0.2) is 42.8 Å². The van der Waals surface area contributed by atoms with Crippen LogP contribution in [0.15, 0.2) is 23.7 Å². The third-order valence-electron chi connectivity index (χ3n) is 4.01. The Bertz CT molecular complexity index is 967. The Morgan fingerprint density at radius 2 is 2.33 bits per heavy atom. The Morgan fingerprint density at radius 1 is 1.44 bits per heavy atom. The molecule has 0 saturated heterocycles. The number of unbranched alkanes of at least 4 members (excludes halogenated alkanes) is 1. The zero-order valence-corrected chi connectivity index (χ0v) is 15.3. The van der Waals surface area contributed by atoms with Crippen molar-refractivity contribution in [3.63, 3.8) is 0 Å². The van der Waals surface area contributed by atoms with Crippen molar-refractivity contribution in [3.8, 4) is 6.07 Å². The van der Waals surface area contributed by atoms with E-state index in [0.717, 1.165) is 48.1 Å². The SMILES string of the molecule is CCCCc1c(Cc2ccnn2N/N=C/C#N)ncn2nc(COC)nc12. The maximum atomic E-state index is 8.56. The van der Waals surface area contributed by atoms with E-state index in [9.17, 15) is 0 Å². The summed E-state index contributed by atoms with van der Waals surface area (Å²) in [5.74, 6) is 0.631. The van der Waals surface area contributed by atoms with Gasteiger partial charge in [-0.15, -0.1) is 5.10 Å². The molecule has 0 aromatic carbocycles. The van der Waals surface area contributed by atoms with Gasteiger partial charge in [-0.1, -0.05) is 13.3 Å². The first-order valence-electron chi connectivity index (χ1n) is 8.67. The van der Waals surface area contributed by atoms with Crippen LogP contribution in [0.4, 0.5) is 0 Å². The molecule has 10 heteroatoms. The third-order valence-corrected chi connectivity index (χ3v) is 4.01. The van der Waals surface area contributed by atoms with Crippen LogP contribution in [-0.2, 0) is 24.2 Å². The summed E-state index contributed by atoms with van der Waals surface area (Å²) in [7, 11) is 1.62. The molecule has 0 aliphatic rings. The van der Waals surface area contributed by atoms with Crippen molar-refractivity contribution in [2.45, 2.75) is 39.2 Å². The standard InChI is InChI=1S/C17H21N9O/c1-3-4-5-14-15(10-13-6-8-21-26(13)24-20-9-7-18)19-12-25-17(14)22-16(23-25)11-27-2/h6,8-9,12,24H,3-5,10-11H2,1-2H3/b20-9+. The van der Waals surface area contributed by atoms with Crippen molar-refractivity contribution < 1.29 is 4.74 Å². The number of ether oxygens (including phenoxy) is 1. The molecule has 3 heterocycles. The second-order valence-corrected chi connectivity index (χ2v) is 5.90. The van der Waals surface area contributed by atoms with E-state index in [1.807, 2.05) is 12.1 Å². The van der Waals surface area contributed by atoms with Gasteiger partial charge in [-0.2, -0.15) is 25.8 Å². The topological polar surface area (TPSA) is 118 Å². The number of rotatable bonds is 9. The molecular weight excluding hydrogens is 346 g/mol. The molecule has 3 aromatic heterocycles. The molecule has 140 valence electrons. The van der Waals surface area contributed by atoms with Crippen molar-refractivity contribution in [2.75, 3.05) is 12.6 Å². The lowest BCUT2D eigenvalue weighted by molar-refractivity contribution is 0.178. The van der Waals surface area contributed by atoms with Crippen molar-refractivity contribution in [1.29, 1.82) is 5.26 Å². The molecule has 27 heavy (non-hydrogen) atoms. The van der Waals surface area contributed by atoms with Gasteiger partial charge >= 0.3 is 0 Å². The summed E-state index contributed by atoms with van der Waals surface area (Å²) in [4.78, 5) is 10.7. The highest BCUT2D eigenvalue weighted by Crippen LogP contribution is 2.19. The van der Waals surface area contributed by atoms with Gasteiger partial charge in [0.15, 0.2) is 11.5 Å². The highest BCUT2D eigenvalue weighted by atomic mass is 16.5. The van der Waals surface area contributed by atoms with E-state index in [-0.39, 0.29) is 0 Å². The lowest BCUT2D eigenvalue weighted by Crippen LogP contribution is -2.15. The average Bonchev–Trinajstić information content (AvgIpc) is 3.28. The van der Waals surface area contributed by atoms with Gasteiger partial charge in [0.2, 0.25) is 0 Å². The second-order valence-electron chi connectivity index (χ2n) is 5.90. The number of nitrogens with one attached hydrogen (secondary N) is 1. The summed E-state index contributed by atoms with van der Waals surface area (Å²) in [5.41, 5.74) is 6.38. The number of nitriles is 1. The summed E-state index contributed by atoms with van der Waals surface area (Å²) in [5, 5.41) is 20.9. The van der Waals surface area contributed by atoms with E-state index in [1.165, 1.54) is 4.79 Å². The molecule has 0 unspecified atom stereocenters. The molecule has 0 bridgehead atoms. The lowest BCUT2D eigenvalue weighted by Gasteiger charge is -2.10. The second kappa shape index (κ2) is 8.86. The molecule has 3 aromatic rings. The Hall–Kier alpha value is -3.32. The molecule has 3 rings (SSSR count).